The maximum absolute atomic E-state index is 11.5. The lowest BCUT2D eigenvalue weighted by atomic mass is 10.3. The SMILES string of the molecule is O=C1CC(O)CN1c1ccc(Cl)nc1Br. The maximum Gasteiger partial charge on any atom is 0.229 e. The summed E-state index contributed by atoms with van der Waals surface area (Å²) in [5, 5.41) is 9.71. The minimum atomic E-state index is -0.597. The third-order valence-electron chi connectivity index (χ3n) is 2.19. The van der Waals surface area contributed by atoms with E-state index in [1.807, 2.05) is 0 Å². The van der Waals surface area contributed by atoms with E-state index in [0.717, 1.165) is 0 Å². The molecule has 0 aliphatic carbocycles. The molecular formula is C9H8BrClN2O2. The highest BCUT2D eigenvalue weighted by molar-refractivity contribution is 9.10. The van der Waals surface area contributed by atoms with Crippen molar-refractivity contribution in [2.45, 2.75) is 12.5 Å². The molecule has 1 aromatic rings. The van der Waals surface area contributed by atoms with Gasteiger partial charge in [-0.3, -0.25) is 4.79 Å². The summed E-state index contributed by atoms with van der Waals surface area (Å²) >= 11 is 8.93. The van der Waals surface area contributed by atoms with Crippen LogP contribution in [-0.4, -0.2) is 28.6 Å². The van der Waals surface area contributed by atoms with E-state index in [4.69, 9.17) is 11.6 Å². The number of carbonyl (C=O) groups excluding carboxylic acids is 1. The Morgan fingerprint density at radius 1 is 1.60 bits per heavy atom. The van der Waals surface area contributed by atoms with Crippen molar-refractivity contribution in [2.24, 2.45) is 0 Å². The van der Waals surface area contributed by atoms with Crippen molar-refractivity contribution >= 4 is 39.1 Å². The van der Waals surface area contributed by atoms with Crippen LogP contribution in [0.3, 0.4) is 0 Å². The molecule has 2 heterocycles. The van der Waals surface area contributed by atoms with Crippen molar-refractivity contribution in [3.8, 4) is 0 Å². The normalized spacial score (nSPS) is 21.1. The van der Waals surface area contributed by atoms with Gasteiger partial charge in [0.25, 0.3) is 0 Å². The maximum atomic E-state index is 11.5. The standard InChI is InChI=1S/C9H8BrClN2O2/c10-9-6(1-2-7(11)12-9)13-4-5(14)3-8(13)15/h1-2,5,14H,3-4H2. The largest absolute Gasteiger partial charge is 0.391 e. The minimum Gasteiger partial charge on any atom is -0.391 e. The Morgan fingerprint density at radius 3 is 2.87 bits per heavy atom. The van der Waals surface area contributed by atoms with E-state index in [0.29, 0.717) is 22.0 Å². The molecule has 0 radical (unpaired) electrons. The molecule has 1 N–H and O–H groups in total. The van der Waals surface area contributed by atoms with Crippen LogP contribution >= 0.6 is 27.5 Å². The van der Waals surface area contributed by atoms with Crippen LogP contribution in [0, 0.1) is 0 Å². The van der Waals surface area contributed by atoms with Gasteiger partial charge in [-0.25, -0.2) is 4.98 Å². The van der Waals surface area contributed by atoms with Crippen molar-refractivity contribution in [1.29, 1.82) is 0 Å². The molecule has 1 aromatic heterocycles. The number of hydrogen-bond donors (Lipinski definition) is 1. The number of aliphatic hydroxyl groups excluding tert-OH is 1. The van der Waals surface area contributed by atoms with Crippen LogP contribution < -0.4 is 4.90 Å². The van der Waals surface area contributed by atoms with Crippen LogP contribution in [0.4, 0.5) is 5.69 Å². The topological polar surface area (TPSA) is 53.4 Å². The predicted molar refractivity (Wildman–Crippen MR) is 59.9 cm³/mol. The molecule has 0 saturated carbocycles. The van der Waals surface area contributed by atoms with Crippen LogP contribution in [0.25, 0.3) is 0 Å². The molecule has 80 valence electrons. The number of carbonyl (C=O) groups is 1. The van der Waals surface area contributed by atoms with Crippen molar-refractivity contribution in [3.05, 3.63) is 21.9 Å². The molecule has 0 aromatic carbocycles. The number of aliphatic hydroxyl groups is 1. The number of pyridine rings is 1. The lowest BCUT2D eigenvalue weighted by Crippen LogP contribution is -2.25. The van der Waals surface area contributed by atoms with Crippen molar-refractivity contribution in [1.82, 2.24) is 4.98 Å². The highest BCUT2D eigenvalue weighted by Gasteiger charge is 2.30. The van der Waals surface area contributed by atoms with Gasteiger partial charge in [0.2, 0.25) is 5.91 Å². The number of hydrogen-bond acceptors (Lipinski definition) is 3. The Morgan fingerprint density at radius 2 is 2.33 bits per heavy atom. The fraction of sp³-hybridized carbons (Fsp3) is 0.333. The number of nitrogens with zero attached hydrogens (tertiary/aromatic N) is 2. The smallest absolute Gasteiger partial charge is 0.229 e. The second-order valence-corrected chi connectivity index (χ2v) is 4.44. The summed E-state index contributed by atoms with van der Waals surface area (Å²) in [6.45, 7) is 0.306. The van der Waals surface area contributed by atoms with Gasteiger partial charge in [0, 0.05) is 0 Å². The summed E-state index contributed by atoms with van der Waals surface area (Å²) in [6, 6.07) is 3.31. The van der Waals surface area contributed by atoms with Gasteiger partial charge in [-0.15, -0.1) is 0 Å². The molecule has 15 heavy (non-hydrogen) atoms. The van der Waals surface area contributed by atoms with Crippen LogP contribution in [0.5, 0.6) is 0 Å². The summed E-state index contributed by atoms with van der Waals surface area (Å²) < 4.78 is 0.512. The van der Waals surface area contributed by atoms with Gasteiger partial charge in [0.15, 0.2) is 0 Å². The van der Waals surface area contributed by atoms with E-state index >= 15 is 0 Å². The Balaban J connectivity index is 2.34. The Bertz CT molecular complexity index is 413. The molecule has 1 fully saturated rings. The number of aromatic nitrogens is 1. The molecule has 0 bridgehead atoms. The summed E-state index contributed by atoms with van der Waals surface area (Å²) in [5.74, 6) is -0.104. The molecule has 1 amide bonds. The molecular weight excluding hydrogens is 283 g/mol. The highest BCUT2D eigenvalue weighted by Crippen LogP contribution is 2.29. The second kappa shape index (κ2) is 4.08. The van der Waals surface area contributed by atoms with Crippen molar-refractivity contribution < 1.29 is 9.90 Å². The fourth-order valence-corrected chi connectivity index (χ4v) is 2.31. The van der Waals surface area contributed by atoms with E-state index in [1.165, 1.54) is 4.90 Å². The van der Waals surface area contributed by atoms with Crippen LogP contribution in [0.2, 0.25) is 5.15 Å². The first-order chi connectivity index (χ1) is 7.08. The minimum absolute atomic E-state index is 0.104. The number of β-amino-alcohol motifs (C(OH)–C–C–N with tert-alkyl or cyclic N) is 1. The molecule has 6 heteroatoms. The van der Waals surface area contributed by atoms with E-state index in [9.17, 15) is 9.90 Å². The van der Waals surface area contributed by atoms with Gasteiger partial charge < -0.3 is 10.0 Å². The van der Waals surface area contributed by atoms with Gasteiger partial charge in [0.1, 0.15) is 9.76 Å². The zero-order chi connectivity index (χ0) is 11.0. The van der Waals surface area contributed by atoms with Crippen molar-refractivity contribution in [3.63, 3.8) is 0 Å². The first-order valence-corrected chi connectivity index (χ1v) is 5.55. The third kappa shape index (κ3) is 2.14. The lowest BCUT2D eigenvalue weighted by molar-refractivity contribution is -0.117. The third-order valence-corrected chi connectivity index (χ3v) is 2.98. The van der Waals surface area contributed by atoms with Crippen LogP contribution in [0.1, 0.15) is 6.42 Å². The average molecular weight is 292 g/mol. The van der Waals surface area contributed by atoms with Crippen molar-refractivity contribution in [2.75, 3.05) is 11.4 Å². The van der Waals surface area contributed by atoms with Gasteiger partial charge in [-0.05, 0) is 28.1 Å². The highest BCUT2D eigenvalue weighted by atomic mass is 79.9. The molecule has 1 atom stereocenters. The van der Waals surface area contributed by atoms with E-state index in [1.54, 1.807) is 12.1 Å². The fourth-order valence-electron chi connectivity index (χ4n) is 1.53. The summed E-state index contributed by atoms with van der Waals surface area (Å²) in [4.78, 5) is 17.0. The average Bonchev–Trinajstić information content (AvgIpc) is 2.45. The molecule has 2 rings (SSSR count). The second-order valence-electron chi connectivity index (χ2n) is 3.31. The van der Waals surface area contributed by atoms with E-state index in [2.05, 4.69) is 20.9 Å². The molecule has 1 saturated heterocycles. The number of anilines is 1. The Hall–Kier alpha value is -0.650. The number of halogens is 2. The van der Waals surface area contributed by atoms with Gasteiger partial charge in [0.05, 0.1) is 24.8 Å². The van der Waals surface area contributed by atoms with Gasteiger partial charge in [-0.1, -0.05) is 11.6 Å². The summed E-state index contributed by atoms with van der Waals surface area (Å²) in [6.07, 6.45) is -0.435. The van der Waals surface area contributed by atoms with E-state index in [-0.39, 0.29) is 12.3 Å². The first-order valence-electron chi connectivity index (χ1n) is 4.38. The van der Waals surface area contributed by atoms with Crippen LogP contribution in [0.15, 0.2) is 16.7 Å². The predicted octanol–water partition coefficient (Wildman–Crippen LogP) is 1.60. The van der Waals surface area contributed by atoms with Gasteiger partial charge >= 0.3 is 0 Å². The molecule has 1 aliphatic heterocycles. The Kier molecular flexibility index (Phi) is 2.95. The first kappa shape index (κ1) is 10.9. The number of rotatable bonds is 1. The van der Waals surface area contributed by atoms with Gasteiger partial charge in [-0.2, -0.15) is 0 Å². The quantitative estimate of drug-likeness (QED) is 0.800. The number of amides is 1. The van der Waals surface area contributed by atoms with Crippen LogP contribution in [-0.2, 0) is 4.79 Å². The molecule has 4 nitrogen and oxygen atoms in total. The zero-order valence-electron chi connectivity index (χ0n) is 7.65. The molecule has 1 aliphatic rings. The monoisotopic (exact) mass is 290 g/mol. The Labute approximate surface area is 100.0 Å². The summed E-state index contributed by atoms with van der Waals surface area (Å²) in [7, 11) is 0. The molecule has 1 unspecified atom stereocenters. The molecule has 0 spiro atoms. The lowest BCUT2D eigenvalue weighted by Gasteiger charge is -2.16. The van der Waals surface area contributed by atoms with E-state index < -0.39 is 6.10 Å². The summed E-state index contributed by atoms with van der Waals surface area (Å²) in [5.41, 5.74) is 0.640. The zero-order valence-corrected chi connectivity index (χ0v) is 9.99.